The number of aromatic nitrogens is 1. The summed E-state index contributed by atoms with van der Waals surface area (Å²) < 4.78 is 5.19. The highest BCUT2D eigenvalue weighted by Crippen LogP contribution is 2.09. The van der Waals surface area contributed by atoms with Crippen molar-refractivity contribution in [2.45, 2.75) is 6.42 Å². The Hall–Kier alpha value is -1.95. The number of nitrogens with zero attached hydrogens (tertiary/aromatic N) is 2. The molecule has 0 bridgehead atoms. The highest BCUT2D eigenvalue weighted by molar-refractivity contribution is 5.94. The molecule has 0 aliphatic carbocycles. The molecule has 2 rings (SSSR count). The molecular formula is C12H15N3O3. The smallest absolute Gasteiger partial charge is 0.255 e. The van der Waals surface area contributed by atoms with Gasteiger partial charge in [-0.15, -0.1) is 0 Å². The van der Waals surface area contributed by atoms with Gasteiger partial charge in [0.25, 0.3) is 5.91 Å². The first-order chi connectivity index (χ1) is 8.66. The normalized spacial score (nSPS) is 15.4. The fourth-order valence-electron chi connectivity index (χ4n) is 1.85. The number of hydrogen-bond acceptors (Lipinski definition) is 4. The summed E-state index contributed by atoms with van der Waals surface area (Å²) >= 11 is 0. The Labute approximate surface area is 105 Å². The molecule has 1 aliphatic heterocycles. The molecule has 6 heteroatoms. The summed E-state index contributed by atoms with van der Waals surface area (Å²) in [5.74, 6) is -0.523. The Bertz CT molecular complexity index is 456. The van der Waals surface area contributed by atoms with Crippen LogP contribution >= 0.6 is 0 Å². The van der Waals surface area contributed by atoms with Gasteiger partial charge in [-0.2, -0.15) is 0 Å². The molecule has 0 radical (unpaired) electrons. The highest BCUT2D eigenvalue weighted by atomic mass is 16.5. The molecule has 18 heavy (non-hydrogen) atoms. The quantitative estimate of drug-likeness (QED) is 0.788. The summed E-state index contributed by atoms with van der Waals surface area (Å²) in [6, 6.07) is 1.66. The minimum absolute atomic E-state index is 0.0860. The summed E-state index contributed by atoms with van der Waals surface area (Å²) in [5.41, 5.74) is 6.25. The average Bonchev–Trinajstić information content (AvgIpc) is 2.38. The van der Waals surface area contributed by atoms with E-state index in [0.29, 0.717) is 37.4 Å². The SMILES string of the molecule is NC(=O)Cc1cncc(C(=O)N2CCOCC2)c1. The van der Waals surface area contributed by atoms with Crippen LogP contribution in [0.4, 0.5) is 0 Å². The van der Waals surface area contributed by atoms with Gasteiger partial charge in [0, 0.05) is 25.5 Å². The van der Waals surface area contributed by atoms with Gasteiger partial charge in [-0.25, -0.2) is 0 Å². The first-order valence-corrected chi connectivity index (χ1v) is 5.76. The number of hydrogen-bond donors (Lipinski definition) is 1. The second-order valence-corrected chi connectivity index (χ2v) is 4.13. The number of amides is 2. The molecule has 0 aromatic carbocycles. The van der Waals surface area contributed by atoms with Crippen LogP contribution in [0.15, 0.2) is 18.5 Å². The zero-order chi connectivity index (χ0) is 13.0. The molecule has 1 aromatic rings. The maximum Gasteiger partial charge on any atom is 0.255 e. The van der Waals surface area contributed by atoms with Crippen molar-refractivity contribution in [3.8, 4) is 0 Å². The van der Waals surface area contributed by atoms with Crippen LogP contribution in [0, 0.1) is 0 Å². The molecule has 1 aliphatic rings. The molecule has 0 saturated carbocycles. The van der Waals surface area contributed by atoms with E-state index in [-0.39, 0.29) is 12.3 Å². The predicted molar refractivity (Wildman–Crippen MR) is 63.9 cm³/mol. The third-order valence-corrected chi connectivity index (χ3v) is 2.72. The zero-order valence-corrected chi connectivity index (χ0v) is 9.96. The molecular weight excluding hydrogens is 234 g/mol. The minimum Gasteiger partial charge on any atom is -0.378 e. The van der Waals surface area contributed by atoms with E-state index in [4.69, 9.17) is 10.5 Å². The van der Waals surface area contributed by atoms with E-state index in [0.717, 1.165) is 0 Å². The van der Waals surface area contributed by atoms with Crippen molar-refractivity contribution in [3.63, 3.8) is 0 Å². The number of nitrogens with two attached hydrogens (primary N) is 1. The lowest BCUT2D eigenvalue weighted by molar-refractivity contribution is -0.117. The van der Waals surface area contributed by atoms with Crippen molar-refractivity contribution in [2.75, 3.05) is 26.3 Å². The summed E-state index contributed by atoms with van der Waals surface area (Å²) in [7, 11) is 0. The molecule has 0 spiro atoms. The standard InChI is InChI=1S/C12H15N3O3/c13-11(16)6-9-5-10(8-14-7-9)12(17)15-1-3-18-4-2-15/h5,7-8H,1-4,6H2,(H2,13,16). The summed E-state index contributed by atoms with van der Waals surface area (Å²) in [5, 5.41) is 0. The van der Waals surface area contributed by atoms with Crippen molar-refractivity contribution >= 4 is 11.8 Å². The van der Waals surface area contributed by atoms with Crippen molar-refractivity contribution in [3.05, 3.63) is 29.6 Å². The first-order valence-electron chi connectivity index (χ1n) is 5.76. The third kappa shape index (κ3) is 3.04. The van der Waals surface area contributed by atoms with Gasteiger partial charge in [0.05, 0.1) is 25.2 Å². The second-order valence-electron chi connectivity index (χ2n) is 4.13. The van der Waals surface area contributed by atoms with Crippen LogP contribution in [-0.4, -0.2) is 48.0 Å². The molecule has 0 atom stereocenters. The first kappa shape index (κ1) is 12.5. The average molecular weight is 249 g/mol. The number of pyridine rings is 1. The molecule has 6 nitrogen and oxygen atoms in total. The van der Waals surface area contributed by atoms with Gasteiger partial charge in [0.1, 0.15) is 0 Å². The summed E-state index contributed by atoms with van der Waals surface area (Å²) in [6.07, 6.45) is 3.14. The minimum atomic E-state index is -0.437. The summed E-state index contributed by atoms with van der Waals surface area (Å²) in [6.45, 7) is 2.28. The maximum atomic E-state index is 12.2. The molecule has 0 unspecified atom stereocenters. The Morgan fingerprint density at radius 3 is 2.72 bits per heavy atom. The van der Waals surface area contributed by atoms with Crippen LogP contribution in [0.5, 0.6) is 0 Å². The number of carbonyl (C=O) groups excluding carboxylic acids is 2. The molecule has 96 valence electrons. The molecule has 2 heterocycles. The van der Waals surface area contributed by atoms with Gasteiger partial charge in [0.2, 0.25) is 5.91 Å². The lowest BCUT2D eigenvalue weighted by Crippen LogP contribution is -2.40. The monoisotopic (exact) mass is 249 g/mol. The van der Waals surface area contributed by atoms with Gasteiger partial charge in [-0.05, 0) is 11.6 Å². The number of morpholine rings is 1. The van der Waals surface area contributed by atoms with Gasteiger partial charge in [0.15, 0.2) is 0 Å². The number of carbonyl (C=O) groups is 2. The van der Waals surface area contributed by atoms with E-state index >= 15 is 0 Å². The van der Waals surface area contributed by atoms with Crippen molar-refractivity contribution in [1.29, 1.82) is 0 Å². The van der Waals surface area contributed by atoms with Crippen molar-refractivity contribution in [2.24, 2.45) is 5.73 Å². The molecule has 1 fully saturated rings. The zero-order valence-electron chi connectivity index (χ0n) is 9.96. The topological polar surface area (TPSA) is 85.5 Å². The largest absolute Gasteiger partial charge is 0.378 e. The van der Waals surface area contributed by atoms with Gasteiger partial charge in [-0.1, -0.05) is 0 Å². The van der Waals surface area contributed by atoms with Gasteiger partial charge < -0.3 is 15.4 Å². The van der Waals surface area contributed by atoms with Crippen LogP contribution in [-0.2, 0) is 16.0 Å². The molecule has 2 N–H and O–H groups in total. The molecule has 2 amide bonds. The van der Waals surface area contributed by atoms with Crippen LogP contribution in [0.25, 0.3) is 0 Å². The van der Waals surface area contributed by atoms with Gasteiger partial charge in [-0.3, -0.25) is 14.6 Å². The Balaban J connectivity index is 2.11. The van der Waals surface area contributed by atoms with Gasteiger partial charge >= 0.3 is 0 Å². The Morgan fingerprint density at radius 2 is 2.06 bits per heavy atom. The number of primary amides is 1. The fraction of sp³-hybridized carbons (Fsp3) is 0.417. The highest BCUT2D eigenvalue weighted by Gasteiger charge is 2.19. The molecule has 1 aromatic heterocycles. The van der Waals surface area contributed by atoms with Crippen LogP contribution in [0.1, 0.15) is 15.9 Å². The lowest BCUT2D eigenvalue weighted by Gasteiger charge is -2.26. The Morgan fingerprint density at radius 1 is 1.33 bits per heavy atom. The second kappa shape index (κ2) is 5.59. The summed E-state index contributed by atoms with van der Waals surface area (Å²) in [4.78, 5) is 28.7. The van der Waals surface area contributed by atoms with Crippen LogP contribution in [0.3, 0.4) is 0 Å². The lowest BCUT2D eigenvalue weighted by atomic mass is 10.1. The van der Waals surface area contributed by atoms with E-state index in [9.17, 15) is 9.59 Å². The maximum absolute atomic E-state index is 12.2. The fourth-order valence-corrected chi connectivity index (χ4v) is 1.85. The van der Waals surface area contributed by atoms with E-state index in [1.807, 2.05) is 0 Å². The van der Waals surface area contributed by atoms with Crippen molar-refractivity contribution in [1.82, 2.24) is 9.88 Å². The molecule has 1 saturated heterocycles. The van der Waals surface area contributed by atoms with Crippen LogP contribution in [0.2, 0.25) is 0 Å². The number of rotatable bonds is 3. The predicted octanol–water partition coefficient (Wildman–Crippen LogP) is -0.418. The van der Waals surface area contributed by atoms with E-state index in [2.05, 4.69) is 4.98 Å². The van der Waals surface area contributed by atoms with Crippen LogP contribution < -0.4 is 5.73 Å². The van der Waals surface area contributed by atoms with E-state index in [1.165, 1.54) is 6.20 Å². The van der Waals surface area contributed by atoms with Crippen molar-refractivity contribution < 1.29 is 14.3 Å². The third-order valence-electron chi connectivity index (χ3n) is 2.72. The number of ether oxygens (including phenoxy) is 1. The Kier molecular flexibility index (Phi) is 3.88. The van der Waals surface area contributed by atoms with E-state index < -0.39 is 5.91 Å². The van der Waals surface area contributed by atoms with E-state index in [1.54, 1.807) is 17.2 Å².